The van der Waals surface area contributed by atoms with E-state index in [4.69, 9.17) is 4.74 Å². The number of urea groups is 1. The Labute approximate surface area is 252 Å². The number of anilines is 1. The number of hydrogen-bond donors (Lipinski definition) is 2. The molecule has 43 heavy (non-hydrogen) atoms. The molecule has 0 saturated carbocycles. The van der Waals surface area contributed by atoms with Crippen LogP contribution in [0.25, 0.3) is 0 Å². The second-order valence-electron chi connectivity index (χ2n) is 10.9. The summed E-state index contributed by atoms with van der Waals surface area (Å²) in [5.41, 5.74) is 5.96. The molecule has 2 atom stereocenters. The molecule has 1 aliphatic rings. The number of hydrogen-bond acceptors (Lipinski definition) is 4. The minimum atomic E-state index is -0.492. The maximum Gasteiger partial charge on any atom is 0.319 e. The number of esters is 1. The quantitative estimate of drug-likeness (QED) is 0.224. The van der Waals surface area contributed by atoms with Crippen molar-refractivity contribution in [2.24, 2.45) is 5.92 Å². The number of carbonyl (C=O) groups excluding carboxylic acids is 3. The van der Waals surface area contributed by atoms with Gasteiger partial charge < -0.3 is 20.3 Å². The number of benzene rings is 4. The van der Waals surface area contributed by atoms with Gasteiger partial charge in [0.15, 0.2) is 0 Å². The summed E-state index contributed by atoms with van der Waals surface area (Å²) in [6.45, 7) is 0.278. The first kappa shape index (κ1) is 29.6. The summed E-state index contributed by atoms with van der Waals surface area (Å²) in [5, 5.41) is 5.54. The van der Waals surface area contributed by atoms with E-state index in [1.54, 1.807) is 24.3 Å². The topological polar surface area (TPSA) is 87.7 Å². The smallest absolute Gasteiger partial charge is 0.319 e. The highest BCUT2D eigenvalue weighted by Crippen LogP contribution is 2.41. The van der Waals surface area contributed by atoms with Gasteiger partial charge in [-0.15, -0.1) is 0 Å². The Morgan fingerprint density at radius 1 is 0.814 bits per heavy atom. The van der Waals surface area contributed by atoms with Gasteiger partial charge in [-0.3, -0.25) is 9.59 Å². The molecule has 0 bridgehead atoms. The summed E-state index contributed by atoms with van der Waals surface area (Å²) in [6, 6.07) is 35.2. The average Bonchev–Trinajstić information content (AvgIpc) is 3.04. The molecule has 0 radical (unpaired) electrons. The number of carbonyl (C=O) groups is 3. The first-order valence-electron chi connectivity index (χ1n) is 14.7. The number of methoxy groups -OCH3 is 1. The summed E-state index contributed by atoms with van der Waals surface area (Å²) in [6.07, 6.45) is 2.89. The monoisotopic (exact) mass is 575 g/mol. The van der Waals surface area contributed by atoms with Crippen LogP contribution in [0.3, 0.4) is 0 Å². The van der Waals surface area contributed by atoms with Gasteiger partial charge in [-0.1, -0.05) is 97.1 Å². The van der Waals surface area contributed by atoms with E-state index in [1.807, 2.05) is 47.4 Å². The van der Waals surface area contributed by atoms with Gasteiger partial charge in [0.25, 0.3) is 0 Å². The van der Waals surface area contributed by atoms with Crippen molar-refractivity contribution in [1.82, 2.24) is 10.2 Å². The fourth-order valence-corrected chi connectivity index (χ4v) is 5.91. The fraction of sp³-hybridized carbons (Fsp3) is 0.250. The van der Waals surface area contributed by atoms with Crippen molar-refractivity contribution in [3.05, 3.63) is 137 Å². The minimum absolute atomic E-state index is 0.105. The van der Waals surface area contributed by atoms with Gasteiger partial charge in [-0.05, 0) is 65.1 Å². The lowest BCUT2D eigenvalue weighted by atomic mass is 9.76. The third-order valence-electron chi connectivity index (χ3n) is 7.96. The highest BCUT2D eigenvalue weighted by Gasteiger charge is 2.36. The molecule has 1 aliphatic carbocycles. The summed E-state index contributed by atoms with van der Waals surface area (Å²) in [5.74, 6) is -0.296. The molecule has 0 spiro atoms. The number of ether oxygens (including phenoxy) is 1. The molecule has 0 saturated heterocycles. The van der Waals surface area contributed by atoms with Crippen molar-refractivity contribution in [3.8, 4) is 0 Å². The van der Waals surface area contributed by atoms with E-state index in [1.165, 1.54) is 23.8 Å². The van der Waals surface area contributed by atoms with Crippen LogP contribution in [-0.4, -0.2) is 36.5 Å². The Kier molecular flexibility index (Phi) is 9.85. The van der Waals surface area contributed by atoms with E-state index in [9.17, 15) is 14.4 Å². The van der Waals surface area contributed by atoms with Crippen LogP contribution in [-0.2, 0) is 40.1 Å². The molecule has 4 aromatic rings. The third-order valence-corrected chi connectivity index (χ3v) is 7.96. The molecular weight excluding hydrogens is 538 g/mol. The molecule has 0 heterocycles. The molecule has 0 aliphatic heterocycles. The molecule has 0 aromatic heterocycles. The molecule has 4 aromatic carbocycles. The SMILES string of the molecule is COC(=O)Cc1cccc(NC(=O)NCC(=O)N(Cc2ccccc2)[C@@H]2c3ccccc3CC[C@H]2Cc2ccccc2)c1. The number of aryl methyl sites for hydroxylation is 1. The van der Waals surface area contributed by atoms with E-state index < -0.39 is 6.03 Å². The maximum absolute atomic E-state index is 14.1. The lowest BCUT2D eigenvalue weighted by Gasteiger charge is -2.42. The van der Waals surface area contributed by atoms with Crippen LogP contribution in [0.2, 0.25) is 0 Å². The van der Waals surface area contributed by atoms with Crippen LogP contribution in [0.5, 0.6) is 0 Å². The van der Waals surface area contributed by atoms with Gasteiger partial charge in [0.05, 0.1) is 26.1 Å². The van der Waals surface area contributed by atoms with E-state index in [0.717, 1.165) is 30.4 Å². The van der Waals surface area contributed by atoms with Crippen molar-refractivity contribution in [3.63, 3.8) is 0 Å². The molecule has 220 valence electrons. The molecule has 0 fully saturated rings. The second kappa shape index (κ2) is 14.3. The normalized spacial score (nSPS) is 15.6. The lowest BCUT2D eigenvalue weighted by molar-refractivity contribution is -0.139. The fourth-order valence-electron chi connectivity index (χ4n) is 5.91. The molecule has 3 amide bonds. The Balaban J connectivity index is 1.36. The lowest BCUT2D eigenvalue weighted by Crippen LogP contribution is -2.46. The van der Waals surface area contributed by atoms with Gasteiger partial charge in [0.1, 0.15) is 0 Å². The maximum atomic E-state index is 14.1. The Morgan fingerprint density at radius 3 is 2.23 bits per heavy atom. The molecule has 0 unspecified atom stereocenters. The highest BCUT2D eigenvalue weighted by molar-refractivity contribution is 5.92. The zero-order chi connectivity index (χ0) is 30.0. The Hall–Kier alpha value is -4.91. The minimum Gasteiger partial charge on any atom is -0.469 e. The van der Waals surface area contributed by atoms with Gasteiger partial charge >= 0.3 is 12.0 Å². The van der Waals surface area contributed by atoms with E-state index in [0.29, 0.717) is 12.2 Å². The number of nitrogens with zero attached hydrogens (tertiary/aromatic N) is 1. The van der Waals surface area contributed by atoms with Crippen LogP contribution >= 0.6 is 0 Å². The van der Waals surface area contributed by atoms with Crippen LogP contribution < -0.4 is 10.6 Å². The van der Waals surface area contributed by atoms with Gasteiger partial charge in [-0.2, -0.15) is 0 Å². The molecule has 7 nitrogen and oxygen atoms in total. The average molecular weight is 576 g/mol. The molecular formula is C36H37N3O4. The predicted octanol–water partition coefficient (Wildman–Crippen LogP) is 6.10. The third kappa shape index (κ3) is 7.89. The van der Waals surface area contributed by atoms with Crippen molar-refractivity contribution in [1.29, 1.82) is 0 Å². The van der Waals surface area contributed by atoms with Crippen LogP contribution in [0.4, 0.5) is 10.5 Å². The van der Waals surface area contributed by atoms with Crippen LogP contribution in [0.1, 0.15) is 40.3 Å². The van der Waals surface area contributed by atoms with E-state index >= 15 is 0 Å². The zero-order valence-electron chi connectivity index (χ0n) is 24.4. The molecule has 5 rings (SSSR count). The second-order valence-corrected chi connectivity index (χ2v) is 10.9. The Bertz CT molecular complexity index is 1540. The van der Waals surface area contributed by atoms with E-state index in [2.05, 4.69) is 53.1 Å². The van der Waals surface area contributed by atoms with Gasteiger partial charge in [0.2, 0.25) is 5.91 Å². The summed E-state index contributed by atoms with van der Waals surface area (Å²) >= 11 is 0. The van der Waals surface area contributed by atoms with Crippen molar-refractivity contribution >= 4 is 23.6 Å². The summed E-state index contributed by atoms with van der Waals surface area (Å²) in [4.78, 5) is 40.5. The standard InChI is InChI=1S/C36H37N3O4/c1-43-34(41)23-28-15-10-17-31(22-28)38-36(42)37-24-33(40)39(25-27-13-6-3-7-14-27)35-30(21-26-11-4-2-5-12-26)20-19-29-16-8-9-18-32(29)35/h2-18,22,30,35H,19-21,23-25H2,1H3,(H2,37,38,42)/t30-,35-/m0/s1. The first-order chi connectivity index (χ1) is 21.0. The van der Waals surface area contributed by atoms with Crippen molar-refractivity contribution in [2.45, 2.75) is 38.3 Å². The number of nitrogens with one attached hydrogen (secondary N) is 2. The largest absolute Gasteiger partial charge is 0.469 e. The summed E-state index contributed by atoms with van der Waals surface area (Å²) in [7, 11) is 1.34. The Morgan fingerprint density at radius 2 is 1.49 bits per heavy atom. The number of fused-ring (bicyclic) bond motifs is 1. The van der Waals surface area contributed by atoms with Crippen molar-refractivity contribution in [2.75, 3.05) is 19.0 Å². The first-order valence-corrected chi connectivity index (χ1v) is 14.7. The number of rotatable bonds is 10. The highest BCUT2D eigenvalue weighted by atomic mass is 16.5. The zero-order valence-corrected chi connectivity index (χ0v) is 24.4. The van der Waals surface area contributed by atoms with Gasteiger partial charge in [-0.25, -0.2) is 4.79 Å². The summed E-state index contributed by atoms with van der Waals surface area (Å²) < 4.78 is 4.74. The molecule has 2 N–H and O–H groups in total. The van der Waals surface area contributed by atoms with Crippen molar-refractivity contribution < 1.29 is 19.1 Å². The number of amides is 3. The van der Waals surface area contributed by atoms with Crippen LogP contribution in [0, 0.1) is 5.92 Å². The molecule has 7 heteroatoms. The van der Waals surface area contributed by atoms with Crippen LogP contribution in [0.15, 0.2) is 109 Å². The van der Waals surface area contributed by atoms with E-state index in [-0.39, 0.29) is 36.8 Å². The van der Waals surface area contributed by atoms with Gasteiger partial charge in [0, 0.05) is 12.2 Å². The predicted molar refractivity (Wildman–Crippen MR) is 167 cm³/mol.